The lowest BCUT2D eigenvalue weighted by Gasteiger charge is -2.17. The van der Waals surface area contributed by atoms with E-state index in [9.17, 15) is 13.0 Å². The van der Waals surface area contributed by atoms with Crippen molar-refractivity contribution in [2.24, 2.45) is 0 Å². The van der Waals surface area contributed by atoms with Crippen LogP contribution in [0.4, 0.5) is 14.5 Å². The van der Waals surface area contributed by atoms with E-state index in [2.05, 4.69) is 0 Å². The third-order valence-corrected chi connectivity index (χ3v) is 4.52. The Morgan fingerprint density at radius 3 is 2.45 bits per heavy atom. The number of alkyl halides is 2. The normalized spacial score (nSPS) is 13.2. The van der Waals surface area contributed by atoms with Crippen LogP contribution in [0.5, 0.6) is 0 Å². The van der Waals surface area contributed by atoms with Crippen LogP contribution in [0.1, 0.15) is 11.1 Å². The Bertz CT molecular complexity index is 629. The Morgan fingerprint density at radius 1 is 1.15 bits per heavy atom. The first-order valence-electron chi connectivity index (χ1n) is 6.08. The summed E-state index contributed by atoms with van der Waals surface area (Å²) in [7, 11) is -1.81. The molecule has 2 aromatic carbocycles. The zero-order chi connectivity index (χ0) is 14.8. The summed E-state index contributed by atoms with van der Waals surface area (Å²) in [5.41, 5.74) is 6.60. The Balaban J connectivity index is 2.25. The summed E-state index contributed by atoms with van der Waals surface area (Å²) in [5, 5.41) is 0. The molecule has 0 amide bonds. The summed E-state index contributed by atoms with van der Waals surface area (Å²) in [6.45, 7) is 1.73. The molecule has 1 atom stereocenters. The second kappa shape index (κ2) is 5.71. The van der Waals surface area contributed by atoms with E-state index >= 15 is 0 Å². The first kappa shape index (κ1) is 14.7. The van der Waals surface area contributed by atoms with Gasteiger partial charge in [0.05, 0.1) is 16.6 Å². The van der Waals surface area contributed by atoms with Crippen molar-refractivity contribution in [3.8, 4) is 0 Å². The van der Waals surface area contributed by atoms with Crippen LogP contribution in [0.25, 0.3) is 0 Å². The molecule has 0 aliphatic rings. The lowest BCUT2D eigenvalue weighted by molar-refractivity contribution is 0.0222. The van der Waals surface area contributed by atoms with E-state index in [0.29, 0.717) is 16.1 Å². The van der Waals surface area contributed by atoms with Crippen molar-refractivity contribution in [1.29, 1.82) is 0 Å². The fourth-order valence-corrected chi connectivity index (χ4v) is 3.22. The van der Waals surface area contributed by atoms with Gasteiger partial charge in [-0.2, -0.15) is 0 Å². The average molecular weight is 295 g/mol. The molecule has 0 radical (unpaired) electrons. The van der Waals surface area contributed by atoms with Crippen molar-refractivity contribution in [3.63, 3.8) is 0 Å². The topological polar surface area (TPSA) is 43.1 Å². The highest BCUT2D eigenvalue weighted by atomic mass is 32.2. The zero-order valence-electron chi connectivity index (χ0n) is 11.0. The van der Waals surface area contributed by atoms with Crippen LogP contribution >= 0.6 is 0 Å². The average Bonchev–Trinajstić information content (AvgIpc) is 2.42. The molecule has 2 rings (SSSR count). The van der Waals surface area contributed by atoms with Gasteiger partial charge in [0.15, 0.2) is 0 Å². The van der Waals surface area contributed by atoms with Gasteiger partial charge in [0.1, 0.15) is 0 Å². The lowest BCUT2D eigenvalue weighted by atomic mass is 10.1. The molecular weight excluding hydrogens is 280 g/mol. The van der Waals surface area contributed by atoms with Gasteiger partial charge in [-0.3, -0.25) is 4.21 Å². The van der Waals surface area contributed by atoms with E-state index in [4.69, 9.17) is 5.73 Å². The second-order valence-electron chi connectivity index (χ2n) is 4.59. The van der Waals surface area contributed by atoms with Gasteiger partial charge in [-0.1, -0.05) is 36.4 Å². The van der Waals surface area contributed by atoms with Gasteiger partial charge in [-0.05, 0) is 24.6 Å². The van der Waals surface area contributed by atoms with Gasteiger partial charge in [0.25, 0.3) is 5.92 Å². The fraction of sp³-hybridized carbons (Fsp3) is 0.200. The predicted octanol–water partition coefficient (Wildman–Crippen LogP) is 3.48. The number of nitrogen functional groups attached to an aromatic ring is 1. The Kier molecular flexibility index (Phi) is 4.18. The molecule has 0 saturated heterocycles. The van der Waals surface area contributed by atoms with Crippen molar-refractivity contribution in [2.75, 3.05) is 11.5 Å². The minimum atomic E-state index is -3.14. The predicted molar refractivity (Wildman–Crippen MR) is 77.2 cm³/mol. The monoisotopic (exact) mass is 295 g/mol. The van der Waals surface area contributed by atoms with Crippen LogP contribution in [-0.2, 0) is 16.7 Å². The lowest BCUT2D eigenvalue weighted by Crippen LogP contribution is -2.22. The molecule has 0 bridgehead atoms. The molecule has 2 N–H and O–H groups in total. The number of hydrogen-bond acceptors (Lipinski definition) is 2. The van der Waals surface area contributed by atoms with Crippen LogP contribution in [0.3, 0.4) is 0 Å². The molecule has 0 aromatic heterocycles. The molecule has 0 heterocycles. The molecule has 0 saturated carbocycles. The summed E-state index contributed by atoms with van der Waals surface area (Å²) >= 11 is 0. The maximum atomic E-state index is 14.1. The molecule has 20 heavy (non-hydrogen) atoms. The first-order chi connectivity index (χ1) is 9.40. The molecule has 106 valence electrons. The molecule has 0 aliphatic heterocycles. The van der Waals surface area contributed by atoms with Crippen LogP contribution in [-0.4, -0.2) is 9.96 Å². The van der Waals surface area contributed by atoms with Crippen molar-refractivity contribution in [3.05, 3.63) is 59.7 Å². The second-order valence-corrected chi connectivity index (χ2v) is 6.00. The van der Waals surface area contributed by atoms with E-state index in [0.717, 1.165) is 0 Å². The summed E-state index contributed by atoms with van der Waals surface area (Å²) in [6.07, 6.45) is 0. The van der Waals surface area contributed by atoms with Crippen molar-refractivity contribution in [1.82, 2.24) is 0 Å². The minimum absolute atomic E-state index is 0.130. The van der Waals surface area contributed by atoms with E-state index in [1.165, 1.54) is 30.3 Å². The van der Waals surface area contributed by atoms with Crippen molar-refractivity contribution < 1.29 is 13.0 Å². The van der Waals surface area contributed by atoms with Gasteiger partial charge in [-0.15, -0.1) is 0 Å². The molecule has 5 heteroatoms. The minimum Gasteiger partial charge on any atom is -0.399 e. The zero-order valence-corrected chi connectivity index (χ0v) is 11.8. The van der Waals surface area contributed by atoms with E-state index in [1.807, 2.05) is 0 Å². The molecule has 0 spiro atoms. The highest BCUT2D eigenvalue weighted by Gasteiger charge is 2.34. The Labute approximate surface area is 119 Å². The summed E-state index contributed by atoms with van der Waals surface area (Å²) in [5.74, 6) is -3.88. The third kappa shape index (κ3) is 3.22. The largest absolute Gasteiger partial charge is 0.399 e. The van der Waals surface area contributed by atoms with Crippen molar-refractivity contribution >= 4 is 16.5 Å². The number of anilines is 1. The molecule has 2 nitrogen and oxygen atoms in total. The van der Waals surface area contributed by atoms with Crippen LogP contribution < -0.4 is 5.73 Å². The number of hydrogen-bond donors (Lipinski definition) is 1. The number of aryl methyl sites for hydroxylation is 1. The Hall–Kier alpha value is -1.75. The SMILES string of the molecule is Cc1ccc(N)cc1S(=O)CC(F)(F)c1ccccc1. The quantitative estimate of drug-likeness (QED) is 0.878. The Morgan fingerprint density at radius 2 is 1.80 bits per heavy atom. The smallest absolute Gasteiger partial charge is 0.284 e. The van der Waals surface area contributed by atoms with Gasteiger partial charge in [-0.25, -0.2) is 8.78 Å². The first-order valence-corrected chi connectivity index (χ1v) is 7.40. The molecule has 0 aliphatic carbocycles. The number of nitrogens with two attached hydrogens (primary N) is 1. The van der Waals surface area contributed by atoms with Crippen molar-refractivity contribution in [2.45, 2.75) is 17.7 Å². The summed E-state index contributed by atoms with van der Waals surface area (Å²) < 4.78 is 40.4. The molecule has 0 fully saturated rings. The van der Waals surface area contributed by atoms with Crippen LogP contribution in [0.2, 0.25) is 0 Å². The van der Waals surface area contributed by atoms with Gasteiger partial charge < -0.3 is 5.73 Å². The highest BCUT2D eigenvalue weighted by Crippen LogP contribution is 2.31. The molecule has 2 aromatic rings. The van der Waals surface area contributed by atoms with E-state index < -0.39 is 22.5 Å². The van der Waals surface area contributed by atoms with Crippen LogP contribution in [0, 0.1) is 6.92 Å². The third-order valence-electron chi connectivity index (χ3n) is 2.97. The van der Waals surface area contributed by atoms with E-state index in [-0.39, 0.29) is 5.56 Å². The maximum absolute atomic E-state index is 14.1. The van der Waals surface area contributed by atoms with Gasteiger partial charge in [0, 0.05) is 16.1 Å². The van der Waals surface area contributed by atoms with Gasteiger partial charge in [0.2, 0.25) is 0 Å². The molecule has 1 unspecified atom stereocenters. The summed E-state index contributed by atoms with van der Waals surface area (Å²) in [6, 6.07) is 12.3. The van der Waals surface area contributed by atoms with E-state index in [1.54, 1.807) is 25.1 Å². The summed E-state index contributed by atoms with van der Waals surface area (Å²) in [4.78, 5) is 0.362. The number of rotatable bonds is 4. The van der Waals surface area contributed by atoms with Gasteiger partial charge >= 0.3 is 0 Å². The number of halogens is 2. The standard InChI is InChI=1S/C15H15F2NOS/c1-11-7-8-13(18)9-14(11)20(19)10-15(16,17)12-5-3-2-4-6-12/h2-9H,10,18H2,1H3. The molecular formula is C15H15F2NOS. The highest BCUT2D eigenvalue weighted by molar-refractivity contribution is 7.85. The van der Waals surface area contributed by atoms with Crippen LogP contribution in [0.15, 0.2) is 53.4 Å². The number of benzene rings is 2. The maximum Gasteiger partial charge on any atom is 0.284 e. The fourth-order valence-electron chi connectivity index (χ4n) is 1.87.